The van der Waals surface area contributed by atoms with Crippen molar-refractivity contribution in [3.63, 3.8) is 0 Å². The zero-order valence-corrected chi connectivity index (χ0v) is 8.28. The Labute approximate surface area is 87.4 Å². The Morgan fingerprint density at radius 3 is 2.80 bits per heavy atom. The van der Waals surface area contributed by atoms with Crippen LogP contribution in [-0.4, -0.2) is 9.55 Å². The van der Waals surface area contributed by atoms with Gasteiger partial charge in [-0.25, -0.2) is 9.37 Å². The van der Waals surface area contributed by atoms with Crippen molar-refractivity contribution >= 4 is 0 Å². The summed E-state index contributed by atoms with van der Waals surface area (Å²) in [7, 11) is 0. The van der Waals surface area contributed by atoms with Crippen LogP contribution in [0.15, 0.2) is 30.5 Å². The van der Waals surface area contributed by atoms with Gasteiger partial charge in [-0.15, -0.1) is 0 Å². The second-order valence-electron chi connectivity index (χ2n) is 3.82. The van der Waals surface area contributed by atoms with Crippen LogP contribution >= 0.6 is 0 Å². The number of nitrogens with zero attached hydrogens (tertiary/aromatic N) is 2. The Morgan fingerprint density at radius 1 is 1.20 bits per heavy atom. The van der Waals surface area contributed by atoms with Crippen LogP contribution in [0.5, 0.6) is 0 Å². The van der Waals surface area contributed by atoms with E-state index >= 15 is 0 Å². The van der Waals surface area contributed by atoms with Crippen LogP contribution in [0.3, 0.4) is 0 Å². The third-order valence-electron chi connectivity index (χ3n) is 2.86. The molecule has 2 aromatic rings. The summed E-state index contributed by atoms with van der Waals surface area (Å²) in [4.78, 5) is 4.36. The Morgan fingerprint density at radius 2 is 2.00 bits per heavy atom. The lowest BCUT2D eigenvalue weighted by atomic mass is 10.1. The zero-order valence-electron chi connectivity index (χ0n) is 8.28. The Hall–Kier alpha value is -1.64. The van der Waals surface area contributed by atoms with E-state index in [1.54, 1.807) is 12.1 Å². The average molecular weight is 202 g/mol. The maximum atomic E-state index is 12.8. The summed E-state index contributed by atoms with van der Waals surface area (Å²) in [6, 6.07) is 6.59. The molecule has 0 saturated heterocycles. The second kappa shape index (κ2) is 3.19. The van der Waals surface area contributed by atoms with E-state index in [1.807, 2.05) is 6.20 Å². The van der Waals surface area contributed by atoms with Gasteiger partial charge >= 0.3 is 0 Å². The predicted molar refractivity (Wildman–Crippen MR) is 55.9 cm³/mol. The molecule has 1 aliphatic rings. The summed E-state index contributed by atoms with van der Waals surface area (Å²) in [6.45, 7) is 1.03. The number of hydrogen-bond donors (Lipinski definition) is 0. The molecule has 2 heterocycles. The molecular weight excluding hydrogens is 191 g/mol. The van der Waals surface area contributed by atoms with Gasteiger partial charge in [0.2, 0.25) is 0 Å². The number of aryl methyl sites for hydroxylation is 1. The third kappa shape index (κ3) is 1.35. The topological polar surface area (TPSA) is 17.8 Å². The molecule has 1 aromatic carbocycles. The summed E-state index contributed by atoms with van der Waals surface area (Å²) in [6.07, 6.45) is 4.10. The predicted octanol–water partition coefficient (Wildman–Crippen LogP) is 2.64. The summed E-state index contributed by atoms with van der Waals surface area (Å²) in [5.74, 6) is 0.953. The lowest BCUT2D eigenvalue weighted by Gasteiger charge is -2.04. The van der Waals surface area contributed by atoms with E-state index in [2.05, 4.69) is 9.55 Å². The van der Waals surface area contributed by atoms with E-state index in [0.29, 0.717) is 0 Å². The van der Waals surface area contributed by atoms with E-state index in [9.17, 15) is 4.39 Å². The monoisotopic (exact) mass is 202 g/mol. The first-order chi connectivity index (χ1) is 7.34. The molecule has 2 nitrogen and oxygen atoms in total. The van der Waals surface area contributed by atoms with Crippen LogP contribution in [0.2, 0.25) is 0 Å². The fraction of sp³-hybridized carbons (Fsp3) is 0.250. The van der Waals surface area contributed by atoms with E-state index in [0.717, 1.165) is 36.5 Å². The molecule has 76 valence electrons. The lowest BCUT2D eigenvalue weighted by Crippen LogP contribution is -1.95. The standard InChI is InChI=1S/C12H11FN2/c13-10-5-3-9(4-6-10)11-8-14-12-2-1-7-15(11)12/h3-6,8H,1-2,7H2. The number of rotatable bonds is 1. The molecular formula is C12H11FN2. The quantitative estimate of drug-likeness (QED) is 0.695. The molecule has 0 atom stereocenters. The molecule has 1 aromatic heterocycles. The van der Waals surface area contributed by atoms with Crippen LogP contribution in [0.4, 0.5) is 4.39 Å². The normalized spacial score (nSPS) is 14.2. The number of benzene rings is 1. The van der Waals surface area contributed by atoms with Gasteiger partial charge < -0.3 is 4.57 Å². The zero-order chi connectivity index (χ0) is 10.3. The number of aromatic nitrogens is 2. The average Bonchev–Trinajstić information content (AvgIpc) is 2.80. The van der Waals surface area contributed by atoms with Gasteiger partial charge in [-0.2, -0.15) is 0 Å². The molecule has 0 radical (unpaired) electrons. The van der Waals surface area contributed by atoms with Gasteiger partial charge in [0.05, 0.1) is 11.9 Å². The SMILES string of the molecule is Fc1ccc(-c2cnc3n2CCC3)cc1. The van der Waals surface area contributed by atoms with E-state index in [4.69, 9.17) is 0 Å². The van der Waals surface area contributed by atoms with Gasteiger partial charge in [-0.3, -0.25) is 0 Å². The number of fused-ring (bicyclic) bond motifs is 1. The molecule has 0 spiro atoms. The molecule has 0 bridgehead atoms. The van der Waals surface area contributed by atoms with Crippen molar-refractivity contribution in [1.29, 1.82) is 0 Å². The molecule has 15 heavy (non-hydrogen) atoms. The molecule has 0 N–H and O–H groups in total. The fourth-order valence-corrected chi connectivity index (χ4v) is 2.11. The maximum absolute atomic E-state index is 12.8. The lowest BCUT2D eigenvalue weighted by molar-refractivity contribution is 0.628. The third-order valence-corrected chi connectivity index (χ3v) is 2.86. The van der Waals surface area contributed by atoms with Crippen LogP contribution in [-0.2, 0) is 13.0 Å². The molecule has 0 unspecified atom stereocenters. The highest BCUT2D eigenvalue weighted by atomic mass is 19.1. The van der Waals surface area contributed by atoms with Gasteiger partial charge in [0.25, 0.3) is 0 Å². The van der Waals surface area contributed by atoms with Crippen molar-refractivity contribution in [2.45, 2.75) is 19.4 Å². The van der Waals surface area contributed by atoms with Crippen molar-refractivity contribution in [3.8, 4) is 11.3 Å². The van der Waals surface area contributed by atoms with Crippen LogP contribution in [0.25, 0.3) is 11.3 Å². The van der Waals surface area contributed by atoms with Crippen LogP contribution in [0.1, 0.15) is 12.2 Å². The minimum absolute atomic E-state index is 0.195. The molecule has 3 heteroatoms. The molecule has 0 aliphatic carbocycles. The van der Waals surface area contributed by atoms with Crippen LogP contribution in [0, 0.1) is 5.82 Å². The highest BCUT2D eigenvalue weighted by molar-refractivity contribution is 5.59. The smallest absolute Gasteiger partial charge is 0.123 e. The van der Waals surface area contributed by atoms with Crippen molar-refractivity contribution in [2.24, 2.45) is 0 Å². The first-order valence-electron chi connectivity index (χ1n) is 5.15. The summed E-state index contributed by atoms with van der Waals surface area (Å²) in [5, 5.41) is 0. The second-order valence-corrected chi connectivity index (χ2v) is 3.82. The molecule has 0 saturated carbocycles. The highest BCUT2D eigenvalue weighted by Gasteiger charge is 2.16. The largest absolute Gasteiger partial charge is 0.328 e. The Bertz CT molecular complexity index is 485. The summed E-state index contributed by atoms with van der Waals surface area (Å²) < 4.78 is 15.0. The number of imidazole rings is 1. The fourth-order valence-electron chi connectivity index (χ4n) is 2.11. The summed E-state index contributed by atoms with van der Waals surface area (Å²) >= 11 is 0. The minimum atomic E-state index is -0.195. The first-order valence-corrected chi connectivity index (χ1v) is 5.15. The summed E-state index contributed by atoms with van der Waals surface area (Å²) in [5.41, 5.74) is 2.14. The molecule has 1 aliphatic heterocycles. The van der Waals surface area contributed by atoms with Gasteiger partial charge in [0.1, 0.15) is 11.6 Å². The Kier molecular flexibility index (Phi) is 1.84. The van der Waals surface area contributed by atoms with Gasteiger partial charge in [-0.05, 0) is 36.2 Å². The Balaban J connectivity index is 2.09. The van der Waals surface area contributed by atoms with Gasteiger partial charge in [-0.1, -0.05) is 0 Å². The van der Waals surface area contributed by atoms with E-state index in [1.165, 1.54) is 12.1 Å². The molecule has 3 rings (SSSR count). The number of halogens is 1. The van der Waals surface area contributed by atoms with Gasteiger partial charge in [0.15, 0.2) is 0 Å². The van der Waals surface area contributed by atoms with E-state index < -0.39 is 0 Å². The first kappa shape index (κ1) is 8.65. The van der Waals surface area contributed by atoms with Crippen molar-refractivity contribution in [1.82, 2.24) is 9.55 Å². The van der Waals surface area contributed by atoms with Crippen LogP contribution < -0.4 is 0 Å². The molecule has 0 amide bonds. The van der Waals surface area contributed by atoms with Crippen molar-refractivity contribution in [2.75, 3.05) is 0 Å². The highest BCUT2D eigenvalue weighted by Crippen LogP contribution is 2.25. The molecule has 0 fully saturated rings. The van der Waals surface area contributed by atoms with E-state index in [-0.39, 0.29) is 5.82 Å². The maximum Gasteiger partial charge on any atom is 0.123 e. The number of hydrogen-bond acceptors (Lipinski definition) is 1. The van der Waals surface area contributed by atoms with Crippen molar-refractivity contribution in [3.05, 3.63) is 42.1 Å². The van der Waals surface area contributed by atoms with Crippen molar-refractivity contribution < 1.29 is 4.39 Å². The minimum Gasteiger partial charge on any atom is -0.328 e. The van der Waals surface area contributed by atoms with Gasteiger partial charge in [0, 0.05) is 13.0 Å².